The first-order chi connectivity index (χ1) is 9.45. The van der Waals surface area contributed by atoms with E-state index in [4.69, 9.17) is 10.2 Å². The van der Waals surface area contributed by atoms with Gasteiger partial charge in [0.05, 0.1) is 5.56 Å². The van der Waals surface area contributed by atoms with Crippen LogP contribution in [0.15, 0.2) is 24.3 Å². The quantitative estimate of drug-likeness (QED) is 0.586. The van der Waals surface area contributed by atoms with Crippen LogP contribution in [0.1, 0.15) is 23.2 Å². The zero-order chi connectivity index (χ0) is 15.1. The van der Waals surface area contributed by atoms with Gasteiger partial charge in [-0.15, -0.1) is 0 Å². The van der Waals surface area contributed by atoms with Crippen LogP contribution in [-0.4, -0.2) is 41.1 Å². The Kier molecular flexibility index (Phi) is 5.52. The highest BCUT2D eigenvalue weighted by molar-refractivity contribution is 6.01. The van der Waals surface area contributed by atoms with E-state index in [9.17, 15) is 14.4 Å². The summed E-state index contributed by atoms with van der Waals surface area (Å²) >= 11 is 0. The fraction of sp³-hybridized carbons (Fsp3) is 0.308. The Morgan fingerprint density at radius 3 is 2.40 bits per heavy atom. The van der Waals surface area contributed by atoms with Crippen LogP contribution in [0.25, 0.3) is 0 Å². The van der Waals surface area contributed by atoms with Crippen molar-refractivity contribution < 1.29 is 24.6 Å². The van der Waals surface area contributed by atoms with Crippen LogP contribution in [-0.2, 0) is 9.59 Å². The monoisotopic (exact) mass is 280 g/mol. The maximum atomic E-state index is 12.0. The zero-order valence-corrected chi connectivity index (χ0v) is 10.9. The average molecular weight is 280 g/mol. The molecule has 1 aromatic rings. The van der Waals surface area contributed by atoms with E-state index in [1.807, 2.05) is 0 Å². The molecule has 0 aliphatic carbocycles. The van der Waals surface area contributed by atoms with Gasteiger partial charge >= 0.3 is 11.9 Å². The van der Waals surface area contributed by atoms with Gasteiger partial charge in [0.15, 0.2) is 0 Å². The van der Waals surface area contributed by atoms with Crippen molar-refractivity contribution in [2.75, 3.05) is 12.4 Å². The third kappa shape index (κ3) is 4.27. The fourth-order valence-electron chi connectivity index (χ4n) is 1.66. The van der Waals surface area contributed by atoms with Crippen LogP contribution in [0.5, 0.6) is 0 Å². The molecule has 4 N–H and O–H groups in total. The summed E-state index contributed by atoms with van der Waals surface area (Å²) in [5.74, 6) is -2.93. The van der Waals surface area contributed by atoms with Gasteiger partial charge in [0, 0.05) is 19.2 Å². The third-order valence-corrected chi connectivity index (χ3v) is 2.69. The number of hydrogen-bond donors (Lipinski definition) is 4. The van der Waals surface area contributed by atoms with Gasteiger partial charge in [-0.2, -0.15) is 0 Å². The van der Waals surface area contributed by atoms with Crippen LogP contribution in [0.4, 0.5) is 5.69 Å². The molecule has 1 aromatic carbocycles. The lowest BCUT2D eigenvalue weighted by atomic mass is 10.1. The molecule has 20 heavy (non-hydrogen) atoms. The molecule has 0 aliphatic rings. The minimum absolute atomic E-state index is 0.169. The number of nitrogens with one attached hydrogen (secondary N) is 2. The molecule has 7 heteroatoms. The highest BCUT2D eigenvalue weighted by Crippen LogP contribution is 2.14. The first-order valence-corrected chi connectivity index (χ1v) is 5.98. The van der Waals surface area contributed by atoms with Crippen molar-refractivity contribution in [1.82, 2.24) is 5.32 Å². The Hall–Kier alpha value is -2.57. The fourth-order valence-corrected chi connectivity index (χ4v) is 1.66. The summed E-state index contributed by atoms with van der Waals surface area (Å²) in [6, 6.07) is 5.40. The Morgan fingerprint density at radius 2 is 1.85 bits per heavy atom. The Bertz CT molecular complexity index is 515. The van der Waals surface area contributed by atoms with E-state index in [0.29, 0.717) is 11.3 Å². The van der Waals surface area contributed by atoms with Gasteiger partial charge in [-0.3, -0.25) is 9.59 Å². The number of aliphatic carboxylic acids is 2. The van der Waals surface area contributed by atoms with Crippen molar-refractivity contribution in [3.8, 4) is 0 Å². The molecule has 0 saturated heterocycles. The van der Waals surface area contributed by atoms with Crippen molar-refractivity contribution >= 4 is 23.5 Å². The lowest BCUT2D eigenvalue weighted by Crippen LogP contribution is -2.41. The minimum Gasteiger partial charge on any atom is -0.481 e. The molecule has 0 fully saturated rings. The molecule has 0 aromatic heterocycles. The molecule has 0 heterocycles. The smallest absolute Gasteiger partial charge is 0.326 e. The minimum atomic E-state index is -1.26. The molecule has 0 saturated carbocycles. The number of carboxylic acid groups (broad SMARTS) is 2. The average Bonchev–Trinajstić information content (AvgIpc) is 2.42. The predicted molar refractivity (Wildman–Crippen MR) is 71.7 cm³/mol. The largest absolute Gasteiger partial charge is 0.481 e. The van der Waals surface area contributed by atoms with Crippen molar-refractivity contribution in [2.24, 2.45) is 0 Å². The number of hydrogen-bond acceptors (Lipinski definition) is 4. The summed E-state index contributed by atoms with van der Waals surface area (Å²) in [5, 5.41) is 22.7. The number of amides is 1. The van der Waals surface area contributed by atoms with Crippen LogP contribution in [0.2, 0.25) is 0 Å². The topological polar surface area (TPSA) is 116 Å². The van der Waals surface area contributed by atoms with Crippen molar-refractivity contribution in [1.29, 1.82) is 0 Å². The number of benzene rings is 1. The van der Waals surface area contributed by atoms with E-state index in [1.54, 1.807) is 31.3 Å². The van der Waals surface area contributed by atoms with Crippen LogP contribution < -0.4 is 10.6 Å². The molecular formula is C13H16N2O5. The van der Waals surface area contributed by atoms with Crippen LogP contribution >= 0.6 is 0 Å². The summed E-state index contributed by atoms with van der Waals surface area (Å²) in [6.07, 6.45) is -0.497. The predicted octanol–water partition coefficient (Wildman–Crippen LogP) is 0.776. The molecule has 0 aliphatic heterocycles. The molecule has 0 bridgehead atoms. The van der Waals surface area contributed by atoms with E-state index in [2.05, 4.69) is 10.6 Å². The number of para-hydroxylation sites is 1. The summed E-state index contributed by atoms with van der Waals surface area (Å²) in [6.45, 7) is 0. The van der Waals surface area contributed by atoms with E-state index in [0.717, 1.165) is 0 Å². The van der Waals surface area contributed by atoms with E-state index < -0.39 is 23.9 Å². The van der Waals surface area contributed by atoms with Crippen molar-refractivity contribution in [3.05, 3.63) is 29.8 Å². The number of rotatable bonds is 7. The van der Waals surface area contributed by atoms with Crippen molar-refractivity contribution in [2.45, 2.75) is 18.9 Å². The second-order valence-electron chi connectivity index (χ2n) is 4.09. The normalized spacial score (nSPS) is 11.4. The molecule has 7 nitrogen and oxygen atoms in total. The van der Waals surface area contributed by atoms with E-state index >= 15 is 0 Å². The lowest BCUT2D eigenvalue weighted by molar-refractivity contribution is -0.140. The number of anilines is 1. The molecule has 1 rings (SSSR count). The molecule has 0 radical (unpaired) electrons. The Morgan fingerprint density at radius 1 is 1.20 bits per heavy atom. The number of carboxylic acids is 2. The first kappa shape index (κ1) is 15.5. The number of carbonyl (C=O) groups is 3. The second kappa shape index (κ2) is 7.13. The number of carbonyl (C=O) groups excluding carboxylic acids is 1. The van der Waals surface area contributed by atoms with Crippen LogP contribution in [0, 0.1) is 0 Å². The maximum absolute atomic E-state index is 12.0. The Labute approximate surface area is 115 Å². The molecule has 0 spiro atoms. The van der Waals surface area contributed by atoms with Gasteiger partial charge in [-0.05, 0) is 18.6 Å². The molecular weight excluding hydrogens is 264 g/mol. The summed E-state index contributed by atoms with van der Waals surface area (Å²) in [7, 11) is 1.64. The highest BCUT2D eigenvalue weighted by atomic mass is 16.4. The second-order valence-corrected chi connectivity index (χ2v) is 4.09. The Balaban J connectivity index is 2.80. The molecule has 1 atom stereocenters. The van der Waals surface area contributed by atoms with Gasteiger partial charge in [0.1, 0.15) is 6.04 Å². The highest BCUT2D eigenvalue weighted by Gasteiger charge is 2.22. The molecule has 108 valence electrons. The third-order valence-electron chi connectivity index (χ3n) is 2.69. The van der Waals surface area contributed by atoms with Gasteiger partial charge in [0.25, 0.3) is 5.91 Å². The zero-order valence-electron chi connectivity index (χ0n) is 10.9. The molecule has 1 unspecified atom stereocenters. The summed E-state index contributed by atoms with van der Waals surface area (Å²) < 4.78 is 0. The van der Waals surface area contributed by atoms with Gasteiger partial charge in [-0.1, -0.05) is 12.1 Å². The van der Waals surface area contributed by atoms with Gasteiger partial charge in [-0.25, -0.2) is 4.79 Å². The lowest BCUT2D eigenvalue weighted by Gasteiger charge is -2.15. The van der Waals surface area contributed by atoms with Crippen molar-refractivity contribution in [3.63, 3.8) is 0 Å². The summed E-state index contributed by atoms with van der Waals surface area (Å²) in [5.41, 5.74) is 0.865. The van der Waals surface area contributed by atoms with E-state index in [1.165, 1.54) is 0 Å². The summed E-state index contributed by atoms with van der Waals surface area (Å²) in [4.78, 5) is 33.5. The van der Waals surface area contributed by atoms with Gasteiger partial charge < -0.3 is 20.8 Å². The first-order valence-electron chi connectivity index (χ1n) is 5.98. The van der Waals surface area contributed by atoms with Crippen LogP contribution in [0.3, 0.4) is 0 Å². The van der Waals surface area contributed by atoms with Gasteiger partial charge in [0.2, 0.25) is 0 Å². The van der Waals surface area contributed by atoms with E-state index in [-0.39, 0.29) is 12.8 Å². The molecule has 1 amide bonds. The SMILES string of the molecule is CNc1ccccc1C(=O)NC(CCC(=O)O)C(=O)O. The maximum Gasteiger partial charge on any atom is 0.326 e. The standard InChI is InChI=1S/C13H16N2O5/c1-14-9-5-3-2-4-8(9)12(18)15-10(13(19)20)6-7-11(16)17/h2-5,10,14H,6-7H2,1H3,(H,15,18)(H,16,17)(H,19,20).